The van der Waals surface area contributed by atoms with Crippen LogP contribution in [0.15, 0.2) is 58.4 Å². The van der Waals surface area contributed by atoms with Gasteiger partial charge < -0.3 is 9.84 Å². The molecule has 128 valence electrons. The van der Waals surface area contributed by atoms with E-state index in [9.17, 15) is 9.90 Å². The average Bonchev–Trinajstić information content (AvgIpc) is 2.92. The van der Waals surface area contributed by atoms with E-state index in [-0.39, 0.29) is 11.7 Å². The van der Waals surface area contributed by atoms with E-state index in [2.05, 4.69) is 4.99 Å². The third-order valence-electron chi connectivity index (χ3n) is 3.69. The fourth-order valence-electron chi connectivity index (χ4n) is 2.36. The summed E-state index contributed by atoms with van der Waals surface area (Å²) in [6.07, 6.45) is 1.81. The van der Waals surface area contributed by atoms with Gasteiger partial charge in [-0.1, -0.05) is 12.1 Å². The van der Waals surface area contributed by atoms with E-state index < -0.39 is 0 Å². The summed E-state index contributed by atoms with van der Waals surface area (Å²) in [5, 5.41) is 10.0. The third-order valence-corrected chi connectivity index (χ3v) is 4.70. The number of phenols is 1. The predicted molar refractivity (Wildman–Crippen MR) is 101 cm³/mol. The first-order valence-electron chi connectivity index (χ1n) is 7.84. The molecule has 1 heterocycles. The normalized spacial score (nSPS) is 17.5. The van der Waals surface area contributed by atoms with Crippen LogP contribution in [0.1, 0.15) is 12.5 Å². The fraction of sp³-hybridized carbons (Fsp3) is 0.158. The Balaban J connectivity index is 1.88. The highest BCUT2D eigenvalue weighted by Gasteiger charge is 2.32. The van der Waals surface area contributed by atoms with Crippen LogP contribution in [-0.4, -0.2) is 34.7 Å². The number of nitrogens with zero attached hydrogens (tertiary/aromatic N) is 2. The fourth-order valence-corrected chi connectivity index (χ4v) is 3.42. The van der Waals surface area contributed by atoms with Gasteiger partial charge in [0.25, 0.3) is 5.91 Å². The van der Waals surface area contributed by atoms with Crippen LogP contribution in [0, 0.1) is 0 Å². The van der Waals surface area contributed by atoms with Gasteiger partial charge in [0.05, 0.1) is 17.7 Å². The highest BCUT2D eigenvalue weighted by Crippen LogP contribution is 2.34. The number of methoxy groups -OCH3 is 1. The number of amidine groups is 1. The van der Waals surface area contributed by atoms with E-state index >= 15 is 0 Å². The molecule has 1 fully saturated rings. The molecule has 2 aromatic carbocycles. The first-order chi connectivity index (χ1) is 12.1. The molecule has 0 radical (unpaired) electrons. The van der Waals surface area contributed by atoms with Crippen molar-refractivity contribution in [2.75, 3.05) is 13.7 Å². The third kappa shape index (κ3) is 3.85. The van der Waals surface area contributed by atoms with E-state index in [4.69, 9.17) is 4.74 Å². The number of likely N-dealkylation sites (N-methyl/N-ethyl adjacent to an activating group) is 1. The molecule has 0 aromatic heterocycles. The van der Waals surface area contributed by atoms with E-state index in [1.54, 1.807) is 36.3 Å². The van der Waals surface area contributed by atoms with Crippen LogP contribution >= 0.6 is 11.8 Å². The number of rotatable bonds is 4. The zero-order chi connectivity index (χ0) is 17.8. The average molecular weight is 354 g/mol. The van der Waals surface area contributed by atoms with Gasteiger partial charge in [-0.05, 0) is 66.7 Å². The first kappa shape index (κ1) is 17.1. The Morgan fingerprint density at radius 2 is 1.84 bits per heavy atom. The zero-order valence-electron chi connectivity index (χ0n) is 14.0. The Bertz CT molecular complexity index is 827. The van der Waals surface area contributed by atoms with Crippen LogP contribution in [0.3, 0.4) is 0 Å². The smallest absolute Gasteiger partial charge is 0.266 e. The minimum Gasteiger partial charge on any atom is -0.508 e. The number of thioether (sulfide) groups is 1. The molecule has 0 atom stereocenters. The molecule has 0 saturated carbocycles. The van der Waals surface area contributed by atoms with Crippen molar-refractivity contribution in [3.63, 3.8) is 0 Å². The summed E-state index contributed by atoms with van der Waals surface area (Å²) in [5.74, 6) is 0.900. The van der Waals surface area contributed by atoms with Gasteiger partial charge >= 0.3 is 0 Å². The lowest BCUT2D eigenvalue weighted by Gasteiger charge is -2.12. The minimum absolute atomic E-state index is 0.0622. The van der Waals surface area contributed by atoms with E-state index in [1.165, 1.54) is 11.8 Å². The number of benzene rings is 2. The molecule has 5 nitrogen and oxygen atoms in total. The van der Waals surface area contributed by atoms with Crippen molar-refractivity contribution >= 4 is 34.6 Å². The first-order valence-corrected chi connectivity index (χ1v) is 8.65. The quantitative estimate of drug-likeness (QED) is 0.842. The summed E-state index contributed by atoms with van der Waals surface area (Å²) in [7, 11) is 1.62. The molecule has 1 saturated heterocycles. The van der Waals surface area contributed by atoms with Gasteiger partial charge in [0, 0.05) is 6.54 Å². The largest absolute Gasteiger partial charge is 0.508 e. The Hall–Kier alpha value is -2.73. The molecule has 1 aliphatic heterocycles. The van der Waals surface area contributed by atoms with Gasteiger partial charge in [0.1, 0.15) is 11.5 Å². The summed E-state index contributed by atoms with van der Waals surface area (Å²) in [6.45, 7) is 2.47. The number of amides is 1. The molecular formula is C19H18N2O3S. The lowest BCUT2D eigenvalue weighted by molar-refractivity contribution is -0.122. The monoisotopic (exact) mass is 354 g/mol. The zero-order valence-corrected chi connectivity index (χ0v) is 14.8. The van der Waals surface area contributed by atoms with Crippen molar-refractivity contribution in [2.24, 2.45) is 4.99 Å². The van der Waals surface area contributed by atoms with Crippen molar-refractivity contribution in [3.8, 4) is 11.5 Å². The topological polar surface area (TPSA) is 62.1 Å². The van der Waals surface area contributed by atoms with Gasteiger partial charge in [-0.15, -0.1) is 0 Å². The SMILES string of the molecule is CCN1C(=O)/C(=C/c2ccc(O)cc2)SC1=Nc1ccc(OC)cc1. The summed E-state index contributed by atoms with van der Waals surface area (Å²) in [5.41, 5.74) is 1.62. The number of carbonyl (C=O) groups is 1. The van der Waals surface area contributed by atoms with Gasteiger partial charge in [-0.3, -0.25) is 9.69 Å². The van der Waals surface area contributed by atoms with Crippen LogP contribution < -0.4 is 4.74 Å². The van der Waals surface area contributed by atoms with Gasteiger partial charge in [-0.2, -0.15) is 0 Å². The molecule has 0 spiro atoms. The molecule has 1 N–H and O–H groups in total. The molecular weight excluding hydrogens is 336 g/mol. The van der Waals surface area contributed by atoms with Crippen LogP contribution in [0.25, 0.3) is 6.08 Å². The summed E-state index contributed by atoms with van der Waals surface area (Å²) >= 11 is 1.35. The van der Waals surface area contributed by atoms with Crippen molar-refractivity contribution in [1.82, 2.24) is 4.90 Å². The Morgan fingerprint density at radius 3 is 2.44 bits per heavy atom. The molecule has 25 heavy (non-hydrogen) atoms. The van der Waals surface area contributed by atoms with Crippen LogP contribution in [0.4, 0.5) is 5.69 Å². The second-order valence-electron chi connectivity index (χ2n) is 5.34. The second kappa shape index (κ2) is 7.44. The van der Waals surface area contributed by atoms with Crippen molar-refractivity contribution in [1.29, 1.82) is 0 Å². The molecule has 0 unspecified atom stereocenters. The van der Waals surface area contributed by atoms with E-state index in [0.717, 1.165) is 17.0 Å². The number of hydrogen-bond donors (Lipinski definition) is 1. The lowest BCUT2D eigenvalue weighted by Crippen LogP contribution is -2.28. The molecule has 0 bridgehead atoms. The summed E-state index contributed by atoms with van der Waals surface area (Å²) in [4.78, 5) is 19.5. The van der Waals surface area contributed by atoms with Crippen molar-refractivity contribution in [3.05, 3.63) is 59.0 Å². The van der Waals surface area contributed by atoms with Gasteiger partial charge in [-0.25, -0.2) is 4.99 Å². The number of aromatic hydroxyl groups is 1. The van der Waals surface area contributed by atoms with Crippen LogP contribution in [-0.2, 0) is 4.79 Å². The molecule has 1 aliphatic rings. The Morgan fingerprint density at radius 1 is 1.16 bits per heavy atom. The highest BCUT2D eigenvalue weighted by molar-refractivity contribution is 8.18. The van der Waals surface area contributed by atoms with Gasteiger partial charge in [0.15, 0.2) is 5.17 Å². The predicted octanol–water partition coefficient (Wildman–Crippen LogP) is 4.02. The van der Waals surface area contributed by atoms with Gasteiger partial charge in [0.2, 0.25) is 0 Å². The summed E-state index contributed by atoms with van der Waals surface area (Å²) < 4.78 is 5.15. The minimum atomic E-state index is -0.0622. The van der Waals surface area contributed by atoms with E-state index in [0.29, 0.717) is 16.6 Å². The number of hydrogen-bond acceptors (Lipinski definition) is 5. The number of aliphatic imine (C=N–C) groups is 1. The molecule has 3 rings (SSSR count). The standard InChI is InChI=1S/C19H18N2O3S/c1-3-21-18(23)17(12-13-4-8-15(22)9-5-13)25-19(21)20-14-6-10-16(24-2)11-7-14/h4-12,22H,3H2,1-2H3/b17-12-,20-19?. The maximum Gasteiger partial charge on any atom is 0.266 e. The van der Waals surface area contributed by atoms with Crippen molar-refractivity contribution < 1.29 is 14.6 Å². The second-order valence-corrected chi connectivity index (χ2v) is 6.35. The number of ether oxygens (including phenoxy) is 1. The van der Waals surface area contributed by atoms with Crippen LogP contribution in [0.2, 0.25) is 0 Å². The summed E-state index contributed by atoms with van der Waals surface area (Å²) in [6, 6.07) is 14.1. The highest BCUT2D eigenvalue weighted by atomic mass is 32.2. The molecule has 6 heteroatoms. The molecule has 2 aromatic rings. The van der Waals surface area contributed by atoms with E-state index in [1.807, 2.05) is 37.3 Å². The number of phenolic OH excluding ortho intramolecular Hbond substituents is 1. The molecule has 1 amide bonds. The Labute approximate surface area is 150 Å². The maximum absolute atomic E-state index is 12.6. The lowest BCUT2D eigenvalue weighted by atomic mass is 10.2. The Kier molecular flexibility index (Phi) is 5.09. The number of carbonyl (C=O) groups excluding carboxylic acids is 1. The van der Waals surface area contributed by atoms with Crippen molar-refractivity contribution in [2.45, 2.75) is 6.92 Å². The maximum atomic E-state index is 12.6. The van der Waals surface area contributed by atoms with Crippen LogP contribution in [0.5, 0.6) is 11.5 Å². The molecule has 0 aliphatic carbocycles.